The molecule has 0 aliphatic carbocycles. The zero-order valence-electron chi connectivity index (χ0n) is 10.7. The van der Waals surface area contributed by atoms with Gasteiger partial charge in [0.15, 0.2) is 0 Å². The van der Waals surface area contributed by atoms with E-state index in [0.717, 1.165) is 30.7 Å². The van der Waals surface area contributed by atoms with Gasteiger partial charge in [-0.3, -0.25) is 4.79 Å². The van der Waals surface area contributed by atoms with Crippen LogP contribution >= 0.6 is 23.7 Å². The second-order valence-electron chi connectivity index (χ2n) is 4.51. The van der Waals surface area contributed by atoms with Gasteiger partial charge < -0.3 is 10.6 Å². The van der Waals surface area contributed by atoms with E-state index in [1.165, 1.54) is 12.0 Å². The molecule has 102 valence electrons. The van der Waals surface area contributed by atoms with Crippen LogP contribution in [-0.4, -0.2) is 29.9 Å². The first-order valence-electron chi connectivity index (χ1n) is 6.35. The highest BCUT2D eigenvalue weighted by Gasteiger charge is 2.27. The lowest BCUT2D eigenvalue weighted by Crippen LogP contribution is -2.47. The first-order chi connectivity index (χ1) is 8.27. The predicted molar refractivity (Wildman–Crippen MR) is 78.7 cm³/mol. The molecule has 1 fully saturated rings. The Balaban J connectivity index is 0.00000162. The van der Waals surface area contributed by atoms with Crippen molar-refractivity contribution in [2.45, 2.75) is 38.6 Å². The summed E-state index contributed by atoms with van der Waals surface area (Å²) in [6.07, 6.45) is 4.27. The molecule has 18 heavy (non-hydrogen) atoms. The molecule has 0 saturated carbocycles. The molecule has 1 atom stereocenters. The number of hydrogen-bond donors (Lipinski definition) is 1. The lowest BCUT2D eigenvalue weighted by atomic mass is 10.0. The second kappa shape index (κ2) is 7.12. The average molecular weight is 289 g/mol. The van der Waals surface area contributed by atoms with E-state index >= 15 is 0 Å². The van der Waals surface area contributed by atoms with E-state index in [1.807, 2.05) is 10.3 Å². The van der Waals surface area contributed by atoms with Crippen LogP contribution in [0.25, 0.3) is 0 Å². The largest absolute Gasteiger partial charge is 0.334 e. The molecule has 1 aromatic heterocycles. The molecule has 1 aliphatic heterocycles. The Morgan fingerprint density at radius 1 is 1.56 bits per heavy atom. The van der Waals surface area contributed by atoms with E-state index in [4.69, 9.17) is 5.73 Å². The second-order valence-corrected chi connectivity index (χ2v) is 5.43. The van der Waals surface area contributed by atoms with Gasteiger partial charge in [-0.1, -0.05) is 6.92 Å². The van der Waals surface area contributed by atoms with Crippen molar-refractivity contribution in [3.8, 4) is 0 Å². The normalized spacial score (nSPS) is 19.4. The van der Waals surface area contributed by atoms with Crippen molar-refractivity contribution in [2.24, 2.45) is 5.73 Å². The number of likely N-dealkylation sites (tertiary alicyclic amines) is 1. The molecule has 1 aliphatic rings. The van der Waals surface area contributed by atoms with Crippen LogP contribution in [0.2, 0.25) is 0 Å². The van der Waals surface area contributed by atoms with E-state index in [0.29, 0.717) is 6.54 Å². The number of thiophene rings is 1. The topological polar surface area (TPSA) is 46.3 Å². The van der Waals surface area contributed by atoms with Crippen molar-refractivity contribution >= 4 is 29.7 Å². The molecule has 0 bridgehead atoms. The Labute approximate surface area is 119 Å². The Bertz CT molecular complexity index is 394. The monoisotopic (exact) mass is 288 g/mol. The van der Waals surface area contributed by atoms with Gasteiger partial charge in [0.2, 0.25) is 0 Å². The number of nitrogens with zero attached hydrogens (tertiary/aromatic N) is 1. The summed E-state index contributed by atoms with van der Waals surface area (Å²) in [6, 6.07) is 2.29. The van der Waals surface area contributed by atoms with E-state index in [-0.39, 0.29) is 24.4 Å². The zero-order valence-corrected chi connectivity index (χ0v) is 12.4. The fraction of sp³-hybridized carbons (Fsp3) is 0.615. The van der Waals surface area contributed by atoms with Crippen LogP contribution in [0.5, 0.6) is 0 Å². The Morgan fingerprint density at radius 3 is 3.00 bits per heavy atom. The first-order valence-corrected chi connectivity index (χ1v) is 7.23. The molecular formula is C13H21ClN2OS. The van der Waals surface area contributed by atoms with E-state index in [9.17, 15) is 4.79 Å². The summed E-state index contributed by atoms with van der Waals surface area (Å²) in [4.78, 5) is 15.4. The third-order valence-electron chi connectivity index (χ3n) is 3.48. The number of halogens is 1. The molecular weight excluding hydrogens is 268 g/mol. The summed E-state index contributed by atoms with van der Waals surface area (Å²) >= 11 is 1.56. The number of nitrogens with two attached hydrogens (primary N) is 1. The average Bonchev–Trinajstić information content (AvgIpc) is 2.86. The molecule has 0 spiro atoms. The van der Waals surface area contributed by atoms with E-state index in [1.54, 1.807) is 11.3 Å². The van der Waals surface area contributed by atoms with Gasteiger partial charge in [0.1, 0.15) is 0 Å². The van der Waals surface area contributed by atoms with E-state index in [2.05, 4.69) is 13.0 Å². The summed E-state index contributed by atoms with van der Waals surface area (Å²) in [5.74, 6) is 0.187. The van der Waals surface area contributed by atoms with Crippen LogP contribution in [0.3, 0.4) is 0 Å². The maximum absolute atomic E-state index is 12.5. The number of carbonyl (C=O) groups is 1. The lowest BCUT2D eigenvalue weighted by Gasteiger charge is -2.35. The van der Waals surface area contributed by atoms with Crippen LogP contribution in [0.1, 0.15) is 41.4 Å². The van der Waals surface area contributed by atoms with Crippen molar-refractivity contribution in [2.75, 3.05) is 13.1 Å². The molecule has 1 amide bonds. The van der Waals surface area contributed by atoms with Crippen LogP contribution in [0.4, 0.5) is 0 Å². The first kappa shape index (κ1) is 15.5. The van der Waals surface area contributed by atoms with Crippen molar-refractivity contribution < 1.29 is 4.79 Å². The predicted octanol–water partition coefficient (Wildman–Crippen LogP) is 2.69. The van der Waals surface area contributed by atoms with Crippen LogP contribution in [-0.2, 0) is 6.42 Å². The fourth-order valence-electron chi connectivity index (χ4n) is 2.45. The molecule has 1 unspecified atom stereocenters. The van der Waals surface area contributed by atoms with Crippen molar-refractivity contribution in [3.05, 3.63) is 21.9 Å². The van der Waals surface area contributed by atoms with Gasteiger partial charge in [-0.05, 0) is 42.7 Å². The highest BCUT2D eigenvalue weighted by Crippen LogP contribution is 2.24. The quantitative estimate of drug-likeness (QED) is 0.929. The molecule has 3 nitrogen and oxygen atoms in total. The Morgan fingerprint density at radius 2 is 2.33 bits per heavy atom. The molecule has 2 N–H and O–H groups in total. The minimum absolute atomic E-state index is 0. The molecule has 2 heterocycles. The molecule has 2 rings (SSSR count). The van der Waals surface area contributed by atoms with Gasteiger partial charge in [-0.15, -0.1) is 23.7 Å². The van der Waals surface area contributed by atoms with Gasteiger partial charge in [0.25, 0.3) is 5.91 Å². The van der Waals surface area contributed by atoms with Gasteiger partial charge in [-0.2, -0.15) is 0 Å². The van der Waals surface area contributed by atoms with Gasteiger partial charge in [0, 0.05) is 19.1 Å². The summed E-state index contributed by atoms with van der Waals surface area (Å²) in [5.41, 5.74) is 6.93. The number of aryl methyl sites for hydroxylation is 1. The van der Waals surface area contributed by atoms with Gasteiger partial charge in [-0.25, -0.2) is 0 Å². The number of amides is 1. The third kappa shape index (κ3) is 3.05. The van der Waals surface area contributed by atoms with Crippen LogP contribution in [0.15, 0.2) is 11.4 Å². The molecule has 1 aromatic rings. The number of hydrogen-bond acceptors (Lipinski definition) is 3. The molecule has 0 radical (unpaired) electrons. The smallest absolute Gasteiger partial charge is 0.264 e. The Kier molecular flexibility index (Phi) is 6.12. The SMILES string of the molecule is CCc1ccsc1C(=O)N1CCCCC1CN.Cl. The number of rotatable bonds is 3. The van der Waals surface area contributed by atoms with Crippen molar-refractivity contribution in [3.63, 3.8) is 0 Å². The minimum Gasteiger partial charge on any atom is -0.334 e. The highest BCUT2D eigenvalue weighted by molar-refractivity contribution is 7.12. The standard InChI is InChI=1S/C13H20N2OS.ClH/c1-2-10-6-8-17-12(10)13(16)15-7-4-3-5-11(15)9-14;/h6,8,11H,2-5,7,9,14H2,1H3;1H. The summed E-state index contributed by atoms with van der Waals surface area (Å²) < 4.78 is 0. The highest BCUT2D eigenvalue weighted by atomic mass is 35.5. The maximum atomic E-state index is 12.5. The van der Waals surface area contributed by atoms with Crippen molar-refractivity contribution in [1.29, 1.82) is 0 Å². The molecule has 5 heteroatoms. The van der Waals surface area contributed by atoms with Crippen molar-refractivity contribution in [1.82, 2.24) is 4.90 Å². The number of piperidine rings is 1. The fourth-order valence-corrected chi connectivity index (χ4v) is 3.40. The maximum Gasteiger partial charge on any atom is 0.264 e. The van der Waals surface area contributed by atoms with Gasteiger partial charge >= 0.3 is 0 Å². The third-order valence-corrected chi connectivity index (χ3v) is 4.43. The van der Waals surface area contributed by atoms with Gasteiger partial charge in [0.05, 0.1) is 4.88 Å². The zero-order chi connectivity index (χ0) is 12.3. The van der Waals surface area contributed by atoms with Crippen LogP contribution < -0.4 is 5.73 Å². The molecule has 1 saturated heterocycles. The van der Waals surface area contributed by atoms with E-state index < -0.39 is 0 Å². The lowest BCUT2D eigenvalue weighted by molar-refractivity contribution is 0.0627. The minimum atomic E-state index is 0. The summed E-state index contributed by atoms with van der Waals surface area (Å²) in [6.45, 7) is 3.54. The summed E-state index contributed by atoms with van der Waals surface area (Å²) in [5, 5.41) is 2.01. The summed E-state index contributed by atoms with van der Waals surface area (Å²) in [7, 11) is 0. The van der Waals surface area contributed by atoms with Crippen LogP contribution in [0, 0.1) is 0 Å². The number of carbonyl (C=O) groups excluding carboxylic acids is 1. The Hall–Kier alpha value is -0.580. The molecule has 0 aromatic carbocycles.